The highest BCUT2D eigenvalue weighted by Gasteiger charge is 2.18. The maximum Gasteiger partial charge on any atom is 0.221 e. The molecule has 0 fully saturated rings. The molecule has 96 valence electrons. The van der Waals surface area contributed by atoms with Gasteiger partial charge in [-0.05, 0) is 19.6 Å². The highest BCUT2D eigenvalue weighted by Crippen LogP contribution is 2.10. The van der Waals surface area contributed by atoms with E-state index in [2.05, 4.69) is 12.2 Å². The van der Waals surface area contributed by atoms with E-state index in [9.17, 15) is 4.79 Å². The van der Waals surface area contributed by atoms with Crippen LogP contribution in [0.25, 0.3) is 0 Å². The quantitative estimate of drug-likeness (QED) is 0.592. The van der Waals surface area contributed by atoms with Gasteiger partial charge in [0.15, 0.2) is 0 Å². The van der Waals surface area contributed by atoms with E-state index in [1.807, 2.05) is 13.2 Å². The number of aliphatic hydroxyl groups excluding tert-OH is 1. The molecule has 0 radical (unpaired) electrons. The maximum atomic E-state index is 11.6. The number of rotatable bonds is 8. The Morgan fingerprint density at radius 3 is 2.62 bits per heavy atom. The third-order valence-electron chi connectivity index (χ3n) is 2.54. The molecule has 0 bridgehead atoms. The van der Waals surface area contributed by atoms with Gasteiger partial charge >= 0.3 is 0 Å². The summed E-state index contributed by atoms with van der Waals surface area (Å²) in [4.78, 5) is 11.6. The average molecular weight is 248 g/mol. The van der Waals surface area contributed by atoms with Gasteiger partial charge in [0.2, 0.25) is 5.91 Å². The summed E-state index contributed by atoms with van der Waals surface area (Å²) in [5, 5.41) is 12.0. The second-order valence-corrected chi connectivity index (χ2v) is 5.14. The Kier molecular flexibility index (Phi) is 8.70. The van der Waals surface area contributed by atoms with E-state index in [0.29, 0.717) is 6.42 Å². The number of hydrogen-bond acceptors (Lipinski definition) is 4. The van der Waals surface area contributed by atoms with Crippen molar-refractivity contribution in [1.82, 2.24) is 5.32 Å². The second-order valence-electron chi connectivity index (χ2n) is 4.07. The first-order chi connectivity index (χ1) is 7.54. The molecule has 0 spiro atoms. The van der Waals surface area contributed by atoms with Crippen LogP contribution >= 0.6 is 11.8 Å². The zero-order valence-electron chi connectivity index (χ0n) is 10.4. The minimum Gasteiger partial charge on any atom is -0.395 e. The topological polar surface area (TPSA) is 75.4 Å². The van der Waals surface area contributed by atoms with Crippen LogP contribution in [0, 0.1) is 0 Å². The number of aliphatic hydroxyl groups is 1. The van der Waals surface area contributed by atoms with Gasteiger partial charge < -0.3 is 16.2 Å². The molecule has 0 aliphatic carbocycles. The normalized spacial score (nSPS) is 16.6. The lowest BCUT2D eigenvalue weighted by Crippen LogP contribution is -2.43. The highest BCUT2D eigenvalue weighted by molar-refractivity contribution is 7.99. The molecule has 4 N–H and O–H groups in total. The molecule has 3 atom stereocenters. The van der Waals surface area contributed by atoms with Crippen LogP contribution in [0.4, 0.5) is 0 Å². The van der Waals surface area contributed by atoms with Crippen LogP contribution in [-0.4, -0.2) is 41.2 Å². The summed E-state index contributed by atoms with van der Waals surface area (Å²) in [6, 6.07) is -0.0830. The standard InChI is InChI=1S/C11H24N2O2S/c1-4-5-9(12)6-11(15)13-8(2)10(7-14)16-3/h8-10,14H,4-7,12H2,1-3H3,(H,13,15). The van der Waals surface area contributed by atoms with Crippen molar-refractivity contribution in [2.45, 2.75) is 50.4 Å². The summed E-state index contributed by atoms with van der Waals surface area (Å²) in [5.74, 6) is -0.0269. The van der Waals surface area contributed by atoms with Gasteiger partial charge in [0.1, 0.15) is 0 Å². The molecular weight excluding hydrogens is 224 g/mol. The summed E-state index contributed by atoms with van der Waals surface area (Å²) in [5.41, 5.74) is 5.79. The van der Waals surface area contributed by atoms with Crippen molar-refractivity contribution in [2.24, 2.45) is 5.73 Å². The van der Waals surface area contributed by atoms with Gasteiger partial charge in [0.05, 0.1) is 6.61 Å². The number of hydrogen-bond donors (Lipinski definition) is 3. The minimum absolute atomic E-state index is 0.0265. The van der Waals surface area contributed by atoms with Crippen molar-refractivity contribution >= 4 is 17.7 Å². The van der Waals surface area contributed by atoms with E-state index in [-0.39, 0.29) is 29.8 Å². The first-order valence-electron chi connectivity index (χ1n) is 5.73. The third-order valence-corrected chi connectivity index (χ3v) is 3.70. The first kappa shape index (κ1) is 15.7. The first-order valence-corrected chi connectivity index (χ1v) is 7.02. The molecule has 0 saturated carbocycles. The summed E-state index contributed by atoms with van der Waals surface area (Å²) >= 11 is 1.55. The second kappa shape index (κ2) is 8.84. The third kappa shape index (κ3) is 6.35. The summed E-state index contributed by atoms with van der Waals surface area (Å²) in [6.07, 6.45) is 4.15. The van der Waals surface area contributed by atoms with Crippen LogP contribution in [-0.2, 0) is 4.79 Å². The molecule has 0 aliphatic rings. The summed E-state index contributed by atoms with van der Waals surface area (Å²) in [6.45, 7) is 4.03. The van der Waals surface area contributed by atoms with Crippen LogP contribution in [0.3, 0.4) is 0 Å². The van der Waals surface area contributed by atoms with Gasteiger partial charge in [-0.3, -0.25) is 4.79 Å². The molecule has 4 nitrogen and oxygen atoms in total. The van der Waals surface area contributed by atoms with Crippen molar-refractivity contribution in [3.63, 3.8) is 0 Å². The zero-order chi connectivity index (χ0) is 12.6. The number of nitrogens with one attached hydrogen (secondary N) is 1. The highest BCUT2D eigenvalue weighted by atomic mass is 32.2. The summed E-state index contributed by atoms with van der Waals surface area (Å²) < 4.78 is 0. The smallest absolute Gasteiger partial charge is 0.221 e. The number of nitrogens with two attached hydrogens (primary N) is 1. The van der Waals surface area contributed by atoms with Crippen LogP contribution < -0.4 is 11.1 Å². The fraction of sp³-hybridized carbons (Fsp3) is 0.909. The largest absolute Gasteiger partial charge is 0.395 e. The van der Waals surface area contributed by atoms with Crippen LogP contribution in [0.15, 0.2) is 0 Å². The molecular formula is C11H24N2O2S. The molecule has 1 amide bonds. The summed E-state index contributed by atoms with van der Waals surface area (Å²) in [7, 11) is 0. The van der Waals surface area contributed by atoms with Gasteiger partial charge in [-0.25, -0.2) is 0 Å². The molecule has 5 heteroatoms. The molecule has 0 aromatic heterocycles. The van der Waals surface area contributed by atoms with Crippen LogP contribution in [0.5, 0.6) is 0 Å². The predicted octanol–water partition coefficient (Wildman–Crippen LogP) is 0.733. The number of carbonyl (C=O) groups excluding carboxylic acids is 1. The van der Waals surface area contributed by atoms with Crippen molar-refractivity contribution in [1.29, 1.82) is 0 Å². The van der Waals surface area contributed by atoms with Gasteiger partial charge in [-0.15, -0.1) is 0 Å². The Balaban J connectivity index is 3.94. The fourth-order valence-corrected chi connectivity index (χ4v) is 2.18. The van der Waals surface area contributed by atoms with E-state index in [1.54, 1.807) is 11.8 Å². The van der Waals surface area contributed by atoms with Gasteiger partial charge in [0.25, 0.3) is 0 Å². The molecule has 3 unspecified atom stereocenters. The van der Waals surface area contributed by atoms with E-state index in [4.69, 9.17) is 10.8 Å². The number of thioether (sulfide) groups is 1. The molecule has 0 saturated heterocycles. The molecule has 0 aliphatic heterocycles. The van der Waals surface area contributed by atoms with Gasteiger partial charge in [-0.2, -0.15) is 11.8 Å². The lowest BCUT2D eigenvalue weighted by Gasteiger charge is -2.22. The van der Waals surface area contributed by atoms with Crippen LogP contribution in [0.1, 0.15) is 33.1 Å². The van der Waals surface area contributed by atoms with E-state index >= 15 is 0 Å². The molecule has 0 rings (SSSR count). The Hall–Kier alpha value is -0.260. The maximum absolute atomic E-state index is 11.6. The molecule has 0 aromatic carbocycles. The van der Waals surface area contributed by atoms with Crippen molar-refractivity contribution < 1.29 is 9.90 Å². The Morgan fingerprint density at radius 1 is 1.56 bits per heavy atom. The molecule has 0 heterocycles. The minimum atomic E-state index is -0.0564. The Labute approximate surface area is 102 Å². The number of carbonyl (C=O) groups is 1. The fourth-order valence-electron chi connectivity index (χ4n) is 1.55. The number of amides is 1. The zero-order valence-corrected chi connectivity index (χ0v) is 11.2. The molecule has 16 heavy (non-hydrogen) atoms. The van der Waals surface area contributed by atoms with E-state index in [0.717, 1.165) is 12.8 Å². The Morgan fingerprint density at radius 2 is 2.19 bits per heavy atom. The van der Waals surface area contributed by atoms with Crippen molar-refractivity contribution in [2.75, 3.05) is 12.9 Å². The van der Waals surface area contributed by atoms with Crippen molar-refractivity contribution in [3.05, 3.63) is 0 Å². The van der Waals surface area contributed by atoms with E-state index in [1.165, 1.54) is 0 Å². The van der Waals surface area contributed by atoms with Gasteiger partial charge in [0, 0.05) is 23.8 Å². The SMILES string of the molecule is CCCC(N)CC(=O)NC(C)C(CO)SC. The molecule has 0 aromatic rings. The lowest BCUT2D eigenvalue weighted by molar-refractivity contribution is -0.122. The van der Waals surface area contributed by atoms with Crippen molar-refractivity contribution in [3.8, 4) is 0 Å². The monoisotopic (exact) mass is 248 g/mol. The van der Waals surface area contributed by atoms with Gasteiger partial charge in [-0.1, -0.05) is 13.3 Å². The van der Waals surface area contributed by atoms with E-state index < -0.39 is 0 Å². The lowest BCUT2D eigenvalue weighted by atomic mass is 10.1. The average Bonchev–Trinajstić information content (AvgIpc) is 2.19. The Bertz CT molecular complexity index is 198. The predicted molar refractivity (Wildman–Crippen MR) is 69.5 cm³/mol. The van der Waals surface area contributed by atoms with Crippen LogP contribution in [0.2, 0.25) is 0 Å².